The van der Waals surface area contributed by atoms with Gasteiger partial charge >= 0.3 is 0 Å². The Morgan fingerprint density at radius 3 is 2.46 bits per heavy atom. The Morgan fingerprint density at radius 1 is 1.12 bits per heavy atom. The van der Waals surface area contributed by atoms with Crippen LogP contribution >= 0.6 is 11.8 Å². The molecule has 7 nitrogen and oxygen atoms in total. The number of nitrogens with one attached hydrogen (secondary N) is 1. The molecule has 0 radical (unpaired) electrons. The predicted octanol–water partition coefficient (Wildman–Crippen LogP) is 3.84. The van der Waals surface area contributed by atoms with Gasteiger partial charge in [-0.25, -0.2) is 8.42 Å². The van der Waals surface area contributed by atoms with Crippen molar-refractivity contribution in [1.29, 1.82) is 0 Å². The summed E-state index contributed by atoms with van der Waals surface area (Å²) in [5.74, 6) is 0. The van der Waals surface area contributed by atoms with Crippen LogP contribution in [-0.4, -0.2) is 37.0 Å². The second-order valence-electron chi connectivity index (χ2n) is 5.87. The molecule has 2 aromatic rings. The van der Waals surface area contributed by atoms with Crippen LogP contribution in [0.5, 0.6) is 0 Å². The summed E-state index contributed by atoms with van der Waals surface area (Å²) in [5, 5.41) is 14.6. The van der Waals surface area contributed by atoms with Gasteiger partial charge in [0, 0.05) is 24.1 Å². The van der Waals surface area contributed by atoms with Crippen molar-refractivity contribution in [2.75, 3.05) is 24.7 Å². The molecule has 0 bridgehead atoms. The van der Waals surface area contributed by atoms with Crippen LogP contribution in [0.2, 0.25) is 0 Å². The minimum Gasteiger partial charge on any atom is -0.349 e. The predicted molar refractivity (Wildman–Crippen MR) is 103 cm³/mol. The second kappa shape index (κ2) is 7.65. The molecular weight excluding hydrogens is 374 g/mol. The summed E-state index contributed by atoms with van der Waals surface area (Å²) in [4.78, 5) is 11.9. The fraction of sp³-hybridized carbons (Fsp3) is 0.294. The molecule has 1 aliphatic rings. The maximum absolute atomic E-state index is 12.7. The van der Waals surface area contributed by atoms with E-state index >= 15 is 0 Å². The lowest BCUT2D eigenvalue weighted by Crippen LogP contribution is -2.27. The van der Waals surface area contributed by atoms with Crippen molar-refractivity contribution in [1.82, 2.24) is 4.31 Å². The molecule has 0 amide bonds. The maximum Gasteiger partial charge on any atom is 0.294 e. The Morgan fingerprint density at radius 2 is 1.81 bits per heavy atom. The van der Waals surface area contributed by atoms with E-state index in [-0.39, 0.29) is 16.3 Å². The highest BCUT2D eigenvalue weighted by atomic mass is 32.2. The summed E-state index contributed by atoms with van der Waals surface area (Å²) < 4.78 is 26.7. The molecule has 1 aliphatic heterocycles. The van der Waals surface area contributed by atoms with E-state index in [1.807, 2.05) is 30.5 Å². The van der Waals surface area contributed by atoms with Crippen molar-refractivity contribution < 1.29 is 13.3 Å². The number of nitro groups is 1. The average Bonchev–Trinajstić information content (AvgIpc) is 3.17. The molecule has 0 atom stereocenters. The smallest absolute Gasteiger partial charge is 0.294 e. The summed E-state index contributed by atoms with van der Waals surface area (Å²) in [7, 11) is -3.70. The van der Waals surface area contributed by atoms with E-state index in [4.69, 9.17) is 0 Å². The van der Waals surface area contributed by atoms with Gasteiger partial charge in [0.1, 0.15) is 5.69 Å². The molecule has 26 heavy (non-hydrogen) atoms. The molecule has 1 heterocycles. The van der Waals surface area contributed by atoms with E-state index in [1.54, 1.807) is 0 Å². The number of rotatable bonds is 6. The van der Waals surface area contributed by atoms with Gasteiger partial charge in [-0.3, -0.25) is 10.1 Å². The summed E-state index contributed by atoms with van der Waals surface area (Å²) in [5.41, 5.74) is 0.733. The third kappa shape index (κ3) is 3.69. The van der Waals surface area contributed by atoms with Crippen LogP contribution in [0.4, 0.5) is 17.1 Å². The van der Waals surface area contributed by atoms with Crippen molar-refractivity contribution in [2.24, 2.45) is 0 Å². The van der Waals surface area contributed by atoms with Crippen LogP contribution in [0.25, 0.3) is 0 Å². The Balaban J connectivity index is 1.99. The van der Waals surface area contributed by atoms with Crippen LogP contribution in [-0.2, 0) is 10.0 Å². The first-order chi connectivity index (χ1) is 12.4. The van der Waals surface area contributed by atoms with Crippen LogP contribution in [0.1, 0.15) is 12.8 Å². The lowest BCUT2D eigenvalue weighted by atomic mass is 10.2. The zero-order valence-corrected chi connectivity index (χ0v) is 15.8. The Kier molecular flexibility index (Phi) is 5.49. The van der Waals surface area contributed by atoms with E-state index in [9.17, 15) is 18.5 Å². The highest BCUT2D eigenvalue weighted by Gasteiger charge is 2.29. The lowest BCUT2D eigenvalue weighted by molar-refractivity contribution is -0.384. The summed E-state index contributed by atoms with van der Waals surface area (Å²) in [6.07, 6.45) is 3.54. The van der Waals surface area contributed by atoms with Crippen molar-refractivity contribution in [3.05, 3.63) is 52.6 Å². The van der Waals surface area contributed by atoms with Gasteiger partial charge in [0.05, 0.1) is 15.5 Å². The van der Waals surface area contributed by atoms with Crippen LogP contribution < -0.4 is 5.32 Å². The number of anilines is 2. The molecule has 0 saturated carbocycles. The topological polar surface area (TPSA) is 92.6 Å². The number of para-hydroxylation sites is 1. The number of benzene rings is 2. The molecule has 1 fully saturated rings. The zero-order chi connectivity index (χ0) is 18.7. The van der Waals surface area contributed by atoms with E-state index in [0.29, 0.717) is 13.1 Å². The number of thioether (sulfide) groups is 1. The third-order valence-corrected chi connectivity index (χ3v) is 6.94. The van der Waals surface area contributed by atoms with Gasteiger partial charge in [-0.2, -0.15) is 4.31 Å². The largest absolute Gasteiger partial charge is 0.349 e. The summed E-state index contributed by atoms with van der Waals surface area (Å²) >= 11 is 1.52. The Hall–Kier alpha value is -2.10. The number of sulfonamides is 1. The standard InChI is InChI=1S/C17H19N3O4S2/c1-25-17-7-3-2-6-15(17)18-14-9-8-13(12-16(14)20(21)22)26(23,24)19-10-4-5-11-19/h2-3,6-9,12,18H,4-5,10-11H2,1H3. The number of nitro benzene ring substituents is 1. The molecule has 0 aromatic heterocycles. The molecule has 0 unspecified atom stereocenters. The zero-order valence-electron chi connectivity index (χ0n) is 14.2. The molecule has 9 heteroatoms. The molecule has 1 saturated heterocycles. The first-order valence-corrected chi connectivity index (χ1v) is 10.8. The van der Waals surface area contributed by atoms with E-state index in [2.05, 4.69) is 5.32 Å². The summed E-state index contributed by atoms with van der Waals surface area (Å²) in [6, 6.07) is 11.5. The van der Waals surface area contributed by atoms with Crippen LogP contribution in [0.3, 0.4) is 0 Å². The fourth-order valence-electron chi connectivity index (χ4n) is 2.90. The number of hydrogen-bond acceptors (Lipinski definition) is 6. The highest BCUT2D eigenvalue weighted by molar-refractivity contribution is 7.98. The van der Waals surface area contributed by atoms with Crippen LogP contribution in [0, 0.1) is 10.1 Å². The average molecular weight is 393 g/mol. The second-order valence-corrected chi connectivity index (χ2v) is 8.66. The number of hydrogen-bond donors (Lipinski definition) is 1. The monoisotopic (exact) mass is 393 g/mol. The molecule has 3 rings (SSSR count). The molecule has 0 spiro atoms. The van der Waals surface area contributed by atoms with Gasteiger partial charge in [0.25, 0.3) is 5.69 Å². The van der Waals surface area contributed by atoms with Gasteiger partial charge in [-0.1, -0.05) is 12.1 Å². The van der Waals surface area contributed by atoms with Gasteiger partial charge < -0.3 is 5.32 Å². The maximum atomic E-state index is 12.7. The third-order valence-electron chi connectivity index (χ3n) is 4.25. The fourth-order valence-corrected chi connectivity index (χ4v) is 4.99. The molecule has 0 aliphatic carbocycles. The van der Waals surface area contributed by atoms with Gasteiger partial charge in [0.2, 0.25) is 10.0 Å². The van der Waals surface area contributed by atoms with E-state index < -0.39 is 14.9 Å². The molecule has 138 valence electrons. The first-order valence-electron chi connectivity index (χ1n) is 8.12. The van der Waals surface area contributed by atoms with Crippen LogP contribution in [0.15, 0.2) is 52.3 Å². The summed E-state index contributed by atoms with van der Waals surface area (Å²) in [6.45, 7) is 0.911. The van der Waals surface area contributed by atoms with Crippen molar-refractivity contribution in [2.45, 2.75) is 22.6 Å². The van der Waals surface area contributed by atoms with Crippen molar-refractivity contribution >= 4 is 38.8 Å². The Labute approximate surface area is 156 Å². The lowest BCUT2D eigenvalue weighted by Gasteiger charge is -2.16. The van der Waals surface area contributed by atoms with E-state index in [0.717, 1.165) is 29.5 Å². The molecular formula is C17H19N3O4S2. The Bertz CT molecular complexity index is 925. The van der Waals surface area contributed by atoms with Gasteiger partial charge in [-0.15, -0.1) is 11.8 Å². The number of nitrogens with zero attached hydrogens (tertiary/aromatic N) is 2. The minimum atomic E-state index is -3.70. The van der Waals surface area contributed by atoms with Crippen molar-refractivity contribution in [3.63, 3.8) is 0 Å². The highest BCUT2D eigenvalue weighted by Crippen LogP contribution is 2.34. The van der Waals surface area contributed by atoms with Gasteiger partial charge in [0.15, 0.2) is 0 Å². The first kappa shape index (κ1) is 18.7. The van der Waals surface area contributed by atoms with Crippen molar-refractivity contribution in [3.8, 4) is 0 Å². The van der Waals surface area contributed by atoms with Gasteiger partial charge in [-0.05, 0) is 43.4 Å². The quantitative estimate of drug-likeness (QED) is 0.455. The van der Waals surface area contributed by atoms with E-state index in [1.165, 1.54) is 28.2 Å². The normalized spacial score (nSPS) is 15.1. The minimum absolute atomic E-state index is 0.0465. The SMILES string of the molecule is CSc1ccccc1Nc1ccc(S(=O)(=O)N2CCCC2)cc1[N+](=O)[O-]. The molecule has 1 N–H and O–H groups in total. The molecule has 2 aromatic carbocycles.